The maximum absolute atomic E-state index is 5.81. The molecule has 3 aromatic heterocycles. The highest BCUT2D eigenvalue weighted by Crippen LogP contribution is 2.40. The molecular formula is C94H108N6. The standard InChI is InChI=1S/C94H108N6/c1-7-11-15-19-23-30-47-77-63-84(79(61-70(77)6)48-31-24-20-16-12-8-2)90-68-91(100-94(99-90)93-97-86(73-41-34-27-35-42-73)66-87(98-93)74-43-36-28-37-44-74)85-65-80(49-32-25-21-17-13-9-3)83(64-81(85)50-33-26-22-18-14-10-4)72-57-59-75(60-58-72)88-67-89(96-92(95-88)76-45-38-29-39-46-76)82-52-40-51-78(62-82)71-55-53-69(5)54-56-71/h27-29,34-46,51-68H,7-26,30-33,47-50H2,1-6H3. The second kappa shape index (κ2) is 38.0. The third kappa shape index (κ3) is 20.1. The molecule has 6 nitrogen and oxygen atoms in total. The Bertz CT molecular complexity index is 4250. The number of unbranched alkanes of at least 4 members (excludes halogenated alkanes) is 20. The summed E-state index contributed by atoms with van der Waals surface area (Å²) in [6.07, 6.45) is 33.6. The lowest BCUT2D eigenvalue weighted by Gasteiger charge is -2.20. The molecule has 0 fully saturated rings. The van der Waals surface area contributed by atoms with Crippen LogP contribution >= 0.6 is 0 Å². The summed E-state index contributed by atoms with van der Waals surface area (Å²) in [5.41, 5.74) is 25.9. The summed E-state index contributed by atoms with van der Waals surface area (Å²) in [6, 6.07) is 75.2. The van der Waals surface area contributed by atoms with Gasteiger partial charge in [0.25, 0.3) is 0 Å². The van der Waals surface area contributed by atoms with Gasteiger partial charge in [-0.25, -0.2) is 29.9 Å². The largest absolute Gasteiger partial charge is 0.228 e. The Kier molecular flexibility index (Phi) is 27.4. The number of benzene rings is 8. The van der Waals surface area contributed by atoms with Crippen LogP contribution in [0.5, 0.6) is 0 Å². The third-order valence-electron chi connectivity index (χ3n) is 20.2. The summed E-state index contributed by atoms with van der Waals surface area (Å²) in [6.45, 7) is 13.7. The van der Waals surface area contributed by atoms with E-state index in [9.17, 15) is 0 Å². The third-order valence-corrected chi connectivity index (χ3v) is 20.2. The van der Waals surface area contributed by atoms with Crippen molar-refractivity contribution in [2.75, 3.05) is 0 Å². The van der Waals surface area contributed by atoms with E-state index in [1.807, 2.05) is 0 Å². The highest BCUT2D eigenvalue weighted by atomic mass is 15.0. The molecule has 11 rings (SSSR count). The van der Waals surface area contributed by atoms with Gasteiger partial charge < -0.3 is 0 Å². The van der Waals surface area contributed by atoms with Crippen molar-refractivity contribution in [3.63, 3.8) is 0 Å². The first-order valence-corrected chi connectivity index (χ1v) is 38.7. The smallest absolute Gasteiger partial charge is 0.198 e. The fraction of sp³-hybridized carbons (Fsp3) is 0.362. The molecule has 0 spiro atoms. The van der Waals surface area contributed by atoms with Crippen LogP contribution in [0.25, 0.3) is 113 Å². The van der Waals surface area contributed by atoms with Crippen molar-refractivity contribution >= 4 is 0 Å². The van der Waals surface area contributed by atoms with Crippen LogP contribution in [0.4, 0.5) is 0 Å². The molecule has 6 heteroatoms. The van der Waals surface area contributed by atoms with Gasteiger partial charge in [0.1, 0.15) is 0 Å². The SMILES string of the molecule is CCCCCCCCc1cc(-c2cc(-c3cc(CCCCCCCC)c(-c4ccc(-c5cc(-c6cccc(-c7ccc(C)cc7)c6)nc(-c6ccccc6)n5)cc4)cc3CCCCCCCC)nc(-c3nc(-c4ccccc4)cc(-c4ccccc4)n3)n2)c(CCCCCCCC)cc1C. The molecular weight excluding hydrogens is 1210 g/mol. The molecule has 0 radical (unpaired) electrons. The highest BCUT2D eigenvalue weighted by Gasteiger charge is 2.23. The Morgan fingerprint density at radius 3 is 1.01 bits per heavy atom. The highest BCUT2D eigenvalue weighted by molar-refractivity contribution is 5.82. The summed E-state index contributed by atoms with van der Waals surface area (Å²) in [7, 11) is 0. The number of hydrogen-bond acceptors (Lipinski definition) is 6. The van der Waals surface area contributed by atoms with Gasteiger partial charge in [-0.1, -0.05) is 332 Å². The van der Waals surface area contributed by atoms with Crippen molar-refractivity contribution in [2.45, 2.75) is 221 Å². The second-order valence-electron chi connectivity index (χ2n) is 28.2. The Morgan fingerprint density at radius 2 is 0.530 bits per heavy atom. The first-order valence-electron chi connectivity index (χ1n) is 38.7. The van der Waals surface area contributed by atoms with Crippen LogP contribution in [0.15, 0.2) is 206 Å². The van der Waals surface area contributed by atoms with E-state index < -0.39 is 0 Å². The Morgan fingerprint density at radius 1 is 0.210 bits per heavy atom. The topological polar surface area (TPSA) is 77.3 Å². The maximum atomic E-state index is 5.81. The van der Waals surface area contributed by atoms with Crippen LogP contribution < -0.4 is 0 Å². The number of nitrogens with zero attached hydrogens (tertiary/aromatic N) is 6. The van der Waals surface area contributed by atoms with Crippen molar-refractivity contribution in [3.05, 3.63) is 240 Å². The van der Waals surface area contributed by atoms with Crippen LogP contribution in [0.2, 0.25) is 0 Å². The summed E-state index contributed by atoms with van der Waals surface area (Å²) < 4.78 is 0. The molecule has 3 heterocycles. The van der Waals surface area contributed by atoms with E-state index >= 15 is 0 Å². The molecule has 0 aliphatic rings. The van der Waals surface area contributed by atoms with Gasteiger partial charge in [-0.2, -0.15) is 0 Å². The molecule has 0 amide bonds. The Hall–Kier alpha value is -9.00. The summed E-state index contributed by atoms with van der Waals surface area (Å²) in [4.78, 5) is 33.1. The van der Waals surface area contributed by atoms with E-state index in [0.29, 0.717) is 17.5 Å². The van der Waals surface area contributed by atoms with E-state index in [2.05, 4.69) is 248 Å². The molecule has 0 saturated heterocycles. The monoisotopic (exact) mass is 1320 g/mol. The van der Waals surface area contributed by atoms with Crippen LogP contribution in [0, 0.1) is 13.8 Å². The molecule has 11 aromatic rings. The molecule has 0 unspecified atom stereocenters. The summed E-state index contributed by atoms with van der Waals surface area (Å²) >= 11 is 0. The van der Waals surface area contributed by atoms with Gasteiger partial charge in [0.2, 0.25) is 0 Å². The Balaban J connectivity index is 1.08. The predicted octanol–water partition coefficient (Wildman–Crippen LogP) is 27.0. The molecule has 0 aliphatic heterocycles. The number of hydrogen-bond donors (Lipinski definition) is 0. The zero-order chi connectivity index (χ0) is 69.1. The van der Waals surface area contributed by atoms with E-state index in [4.69, 9.17) is 29.9 Å². The first-order chi connectivity index (χ1) is 49.2. The van der Waals surface area contributed by atoms with Gasteiger partial charge in [0.15, 0.2) is 17.5 Å². The predicted molar refractivity (Wildman–Crippen MR) is 425 cm³/mol. The van der Waals surface area contributed by atoms with E-state index in [1.54, 1.807) is 0 Å². The quantitative estimate of drug-likeness (QED) is 0.0359. The molecule has 0 saturated carbocycles. The summed E-state index contributed by atoms with van der Waals surface area (Å²) in [5.74, 6) is 1.79. The van der Waals surface area contributed by atoms with Gasteiger partial charge in [-0.05, 0) is 152 Å². The second-order valence-corrected chi connectivity index (χ2v) is 28.2. The average molecular weight is 1320 g/mol. The average Bonchev–Trinajstić information content (AvgIpc) is 0.769. The zero-order valence-electron chi connectivity index (χ0n) is 61.1. The molecule has 8 aromatic carbocycles. The Labute approximate surface area is 600 Å². The lowest BCUT2D eigenvalue weighted by molar-refractivity contribution is 0.605. The normalized spacial score (nSPS) is 11.4. The maximum Gasteiger partial charge on any atom is 0.198 e. The number of aryl methyl sites for hydroxylation is 6. The lowest BCUT2D eigenvalue weighted by atomic mass is 9.87. The summed E-state index contributed by atoms with van der Waals surface area (Å²) in [5, 5.41) is 0. The molecule has 0 N–H and O–H groups in total. The van der Waals surface area contributed by atoms with Crippen molar-refractivity contribution in [1.82, 2.24) is 29.9 Å². The molecule has 514 valence electrons. The van der Waals surface area contributed by atoms with E-state index in [0.717, 1.165) is 112 Å². The van der Waals surface area contributed by atoms with Gasteiger partial charge in [-0.15, -0.1) is 0 Å². The minimum Gasteiger partial charge on any atom is -0.228 e. The number of rotatable bonds is 38. The first kappa shape index (κ1) is 72.3. The fourth-order valence-electron chi connectivity index (χ4n) is 14.3. The lowest BCUT2D eigenvalue weighted by Crippen LogP contribution is -2.05. The van der Waals surface area contributed by atoms with E-state index in [1.165, 1.54) is 196 Å². The molecule has 0 atom stereocenters. The van der Waals surface area contributed by atoms with E-state index in [-0.39, 0.29) is 0 Å². The zero-order valence-corrected chi connectivity index (χ0v) is 61.1. The van der Waals surface area contributed by atoms with Crippen LogP contribution in [0.3, 0.4) is 0 Å². The fourth-order valence-corrected chi connectivity index (χ4v) is 14.3. The van der Waals surface area contributed by atoms with Gasteiger partial charge in [0.05, 0.1) is 34.2 Å². The van der Waals surface area contributed by atoms with Gasteiger partial charge in [-0.3, -0.25) is 0 Å². The van der Waals surface area contributed by atoms with Gasteiger partial charge in [0, 0.05) is 38.9 Å². The molecule has 0 bridgehead atoms. The minimum absolute atomic E-state index is 0.532. The van der Waals surface area contributed by atoms with Crippen molar-refractivity contribution < 1.29 is 0 Å². The number of aromatic nitrogens is 6. The molecule has 0 aliphatic carbocycles. The minimum atomic E-state index is 0.532. The van der Waals surface area contributed by atoms with Crippen molar-refractivity contribution in [1.29, 1.82) is 0 Å². The van der Waals surface area contributed by atoms with Crippen LogP contribution in [-0.2, 0) is 25.7 Å². The van der Waals surface area contributed by atoms with Crippen LogP contribution in [0.1, 0.15) is 215 Å². The van der Waals surface area contributed by atoms with Gasteiger partial charge >= 0.3 is 0 Å². The van der Waals surface area contributed by atoms with Crippen molar-refractivity contribution in [2.24, 2.45) is 0 Å². The van der Waals surface area contributed by atoms with Crippen LogP contribution in [-0.4, -0.2) is 29.9 Å². The molecule has 100 heavy (non-hydrogen) atoms. The van der Waals surface area contributed by atoms with Crippen molar-refractivity contribution in [3.8, 4) is 113 Å².